The van der Waals surface area contributed by atoms with Crippen molar-refractivity contribution in [1.82, 2.24) is 0 Å². The average molecular weight is 258 g/mol. The van der Waals surface area contributed by atoms with E-state index in [0.717, 1.165) is 5.56 Å². The molecule has 0 saturated carbocycles. The maximum absolute atomic E-state index is 9.16. The summed E-state index contributed by atoms with van der Waals surface area (Å²) in [5.74, 6) is 1.04. The van der Waals surface area contributed by atoms with Crippen molar-refractivity contribution in [2.45, 2.75) is 6.61 Å². The largest absolute Gasteiger partial charge is 0.493 e. The van der Waals surface area contributed by atoms with Crippen LogP contribution in [0.2, 0.25) is 0 Å². The van der Waals surface area contributed by atoms with Crippen molar-refractivity contribution in [3.8, 4) is 11.5 Å². The second-order valence-electron chi connectivity index (χ2n) is 4.06. The molecule has 0 aliphatic carbocycles. The van der Waals surface area contributed by atoms with E-state index in [1.54, 1.807) is 25.3 Å². The van der Waals surface area contributed by atoms with Gasteiger partial charge < -0.3 is 19.5 Å². The Morgan fingerprint density at radius 3 is 2.37 bits per heavy atom. The van der Waals surface area contributed by atoms with Gasteiger partial charge in [-0.2, -0.15) is 0 Å². The molecule has 4 nitrogen and oxygen atoms in total. The summed E-state index contributed by atoms with van der Waals surface area (Å²) in [5, 5.41) is 18.3. The molecule has 19 heavy (non-hydrogen) atoms. The maximum Gasteiger partial charge on any atom is 0.488 e. The molecule has 0 unspecified atom stereocenters. The van der Waals surface area contributed by atoms with Crippen molar-refractivity contribution in [3.05, 3.63) is 54.1 Å². The van der Waals surface area contributed by atoms with E-state index >= 15 is 0 Å². The fraction of sp³-hybridized carbons (Fsp3) is 0.143. The fourth-order valence-corrected chi connectivity index (χ4v) is 1.70. The minimum Gasteiger partial charge on any atom is -0.493 e. The van der Waals surface area contributed by atoms with Crippen LogP contribution in [-0.4, -0.2) is 24.3 Å². The Kier molecular flexibility index (Phi) is 4.44. The van der Waals surface area contributed by atoms with Crippen molar-refractivity contribution >= 4 is 12.6 Å². The van der Waals surface area contributed by atoms with E-state index in [-0.39, 0.29) is 0 Å². The lowest BCUT2D eigenvalue weighted by molar-refractivity contribution is 0.284. The molecule has 0 amide bonds. The zero-order chi connectivity index (χ0) is 13.7. The van der Waals surface area contributed by atoms with Gasteiger partial charge >= 0.3 is 7.12 Å². The van der Waals surface area contributed by atoms with Gasteiger partial charge in [0.05, 0.1) is 7.11 Å². The van der Waals surface area contributed by atoms with E-state index in [1.165, 1.54) is 0 Å². The Labute approximate surface area is 112 Å². The van der Waals surface area contributed by atoms with Crippen LogP contribution in [-0.2, 0) is 6.61 Å². The Balaban J connectivity index is 2.16. The summed E-state index contributed by atoms with van der Waals surface area (Å²) >= 11 is 0. The van der Waals surface area contributed by atoms with Gasteiger partial charge in [-0.05, 0) is 23.2 Å². The number of methoxy groups -OCH3 is 1. The van der Waals surface area contributed by atoms with Gasteiger partial charge in [-0.25, -0.2) is 0 Å². The molecule has 2 aromatic rings. The predicted octanol–water partition coefficient (Wildman–Crippen LogP) is 0.954. The van der Waals surface area contributed by atoms with E-state index in [4.69, 9.17) is 19.5 Å². The van der Waals surface area contributed by atoms with Crippen LogP contribution in [0.3, 0.4) is 0 Å². The quantitative estimate of drug-likeness (QED) is 0.784. The highest BCUT2D eigenvalue weighted by Gasteiger charge is 2.14. The fourth-order valence-electron chi connectivity index (χ4n) is 1.70. The molecule has 0 bridgehead atoms. The summed E-state index contributed by atoms with van der Waals surface area (Å²) in [7, 11) is 0.0183. The summed E-state index contributed by atoms with van der Waals surface area (Å²) in [6.45, 7) is 0.391. The highest BCUT2D eigenvalue weighted by molar-refractivity contribution is 6.58. The molecule has 0 heterocycles. The zero-order valence-corrected chi connectivity index (χ0v) is 10.6. The average Bonchev–Trinajstić information content (AvgIpc) is 2.45. The molecule has 0 radical (unpaired) electrons. The van der Waals surface area contributed by atoms with Crippen molar-refractivity contribution in [2.75, 3.05) is 7.11 Å². The van der Waals surface area contributed by atoms with Crippen molar-refractivity contribution in [3.63, 3.8) is 0 Å². The molecule has 2 N–H and O–H groups in total. The van der Waals surface area contributed by atoms with Crippen LogP contribution in [0.25, 0.3) is 0 Å². The van der Waals surface area contributed by atoms with Crippen LogP contribution in [0.15, 0.2) is 48.5 Å². The standard InChI is InChI=1S/C14H15BO4/c1-18-13-8-7-12(15(16)17)9-14(13)19-10-11-5-3-2-4-6-11/h2-9,16-17H,10H2,1H3. The lowest BCUT2D eigenvalue weighted by Gasteiger charge is -2.12. The van der Waals surface area contributed by atoms with Gasteiger partial charge in [-0.15, -0.1) is 0 Å². The van der Waals surface area contributed by atoms with Crippen LogP contribution in [0.4, 0.5) is 0 Å². The molecule has 98 valence electrons. The van der Waals surface area contributed by atoms with Gasteiger partial charge in [-0.3, -0.25) is 0 Å². The van der Waals surface area contributed by atoms with Gasteiger partial charge in [-0.1, -0.05) is 36.4 Å². The molecular formula is C14H15BO4. The lowest BCUT2D eigenvalue weighted by atomic mass is 9.80. The van der Waals surface area contributed by atoms with E-state index in [0.29, 0.717) is 23.6 Å². The van der Waals surface area contributed by atoms with Crippen LogP contribution in [0.5, 0.6) is 11.5 Å². The number of ether oxygens (including phenoxy) is 2. The minimum atomic E-state index is -1.52. The molecule has 0 aliphatic heterocycles. The van der Waals surface area contributed by atoms with Crippen molar-refractivity contribution in [1.29, 1.82) is 0 Å². The normalized spacial score (nSPS) is 10.1. The molecular weight excluding hydrogens is 243 g/mol. The first-order valence-corrected chi connectivity index (χ1v) is 5.91. The number of hydrogen-bond acceptors (Lipinski definition) is 4. The van der Waals surface area contributed by atoms with E-state index in [1.807, 2.05) is 30.3 Å². The Hall–Kier alpha value is -1.98. The first-order valence-electron chi connectivity index (χ1n) is 5.91. The molecule has 0 atom stereocenters. The smallest absolute Gasteiger partial charge is 0.488 e. The Bertz CT molecular complexity index is 528. The van der Waals surface area contributed by atoms with Gasteiger partial charge in [0.1, 0.15) is 6.61 Å². The lowest BCUT2D eigenvalue weighted by Crippen LogP contribution is -2.29. The van der Waals surface area contributed by atoms with E-state index in [9.17, 15) is 0 Å². The Morgan fingerprint density at radius 1 is 1.00 bits per heavy atom. The topological polar surface area (TPSA) is 58.9 Å². The van der Waals surface area contributed by atoms with Crippen LogP contribution in [0.1, 0.15) is 5.56 Å². The molecule has 0 fully saturated rings. The number of benzene rings is 2. The summed E-state index contributed by atoms with van der Waals surface area (Å²) in [4.78, 5) is 0. The summed E-state index contributed by atoms with van der Waals surface area (Å²) in [6.07, 6.45) is 0. The van der Waals surface area contributed by atoms with Gasteiger partial charge in [0.25, 0.3) is 0 Å². The molecule has 5 heteroatoms. The van der Waals surface area contributed by atoms with E-state index < -0.39 is 7.12 Å². The molecule has 2 rings (SSSR count). The van der Waals surface area contributed by atoms with E-state index in [2.05, 4.69) is 0 Å². The molecule has 0 saturated heterocycles. The van der Waals surface area contributed by atoms with Crippen molar-refractivity contribution in [2.24, 2.45) is 0 Å². The predicted molar refractivity (Wildman–Crippen MR) is 73.6 cm³/mol. The zero-order valence-electron chi connectivity index (χ0n) is 10.6. The van der Waals surface area contributed by atoms with Gasteiger partial charge in [0.15, 0.2) is 11.5 Å². The highest BCUT2D eigenvalue weighted by atomic mass is 16.5. The number of hydrogen-bond donors (Lipinski definition) is 2. The first-order chi connectivity index (χ1) is 9.20. The highest BCUT2D eigenvalue weighted by Crippen LogP contribution is 2.26. The minimum absolute atomic E-state index is 0.365. The second kappa shape index (κ2) is 6.27. The monoisotopic (exact) mass is 258 g/mol. The Morgan fingerprint density at radius 2 is 1.74 bits per heavy atom. The maximum atomic E-state index is 9.16. The molecule has 0 aliphatic rings. The van der Waals surface area contributed by atoms with Crippen LogP contribution in [0, 0.1) is 0 Å². The third kappa shape index (κ3) is 3.50. The summed E-state index contributed by atoms with van der Waals surface area (Å²) in [6, 6.07) is 14.5. The molecule has 2 aromatic carbocycles. The summed E-state index contributed by atoms with van der Waals surface area (Å²) < 4.78 is 10.8. The summed E-state index contributed by atoms with van der Waals surface area (Å²) in [5.41, 5.74) is 1.39. The van der Waals surface area contributed by atoms with Crippen molar-refractivity contribution < 1.29 is 19.5 Å². The van der Waals surface area contributed by atoms with Crippen LogP contribution < -0.4 is 14.9 Å². The van der Waals surface area contributed by atoms with Gasteiger partial charge in [0, 0.05) is 0 Å². The van der Waals surface area contributed by atoms with Crippen LogP contribution >= 0.6 is 0 Å². The number of rotatable bonds is 5. The third-order valence-corrected chi connectivity index (χ3v) is 2.72. The second-order valence-corrected chi connectivity index (χ2v) is 4.06. The molecule has 0 spiro atoms. The third-order valence-electron chi connectivity index (χ3n) is 2.72. The first kappa shape index (κ1) is 13.5. The van der Waals surface area contributed by atoms with Gasteiger partial charge in [0.2, 0.25) is 0 Å². The molecule has 0 aromatic heterocycles. The SMILES string of the molecule is COc1ccc(B(O)O)cc1OCc1ccccc1.